The van der Waals surface area contributed by atoms with Gasteiger partial charge < -0.3 is 0 Å². The number of benzene rings is 2. The molecule has 0 aliphatic heterocycles. The molecule has 2 rings (SSSR count). The van der Waals surface area contributed by atoms with Gasteiger partial charge in [-0.25, -0.2) is 5.43 Å². The number of carbonyl (C=O) groups excluding carboxylic acids is 1. The third kappa shape index (κ3) is 4.02. The Balaban J connectivity index is 2.12. The summed E-state index contributed by atoms with van der Waals surface area (Å²) in [6, 6.07) is 13.4. The molecule has 0 aliphatic carbocycles. The summed E-state index contributed by atoms with van der Waals surface area (Å²) in [4.78, 5) is 12.1. The summed E-state index contributed by atoms with van der Waals surface area (Å²) in [5.74, 6) is -0.201. The van der Waals surface area contributed by atoms with Crippen LogP contribution in [0.4, 0.5) is 0 Å². The van der Waals surface area contributed by atoms with Gasteiger partial charge >= 0.3 is 0 Å². The molecule has 0 fully saturated rings. The molecule has 0 aromatic heterocycles. The first-order valence-electron chi connectivity index (χ1n) is 6.65. The van der Waals surface area contributed by atoms with Gasteiger partial charge in [-0.15, -0.1) is 0 Å². The van der Waals surface area contributed by atoms with Crippen LogP contribution in [0.2, 0.25) is 0 Å². The molecule has 0 aliphatic rings. The van der Waals surface area contributed by atoms with Crippen molar-refractivity contribution in [3.63, 3.8) is 0 Å². The monoisotopic (exact) mass is 344 g/mol. The first-order chi connectivity index (χ1) is 9.97. The number of carbonyl (C=O) groups is 1. The van der Waals surface area contributed by atoms with E-state index >= 15 is 0 Å². The number of rotatable bonds is 3. The van der Waals surface area contributed by atoms with E-state index in [1.807, 2.05) is 63.2 Å². The lowest BCUT2D eigenvalue weighted by Gasteiger charge is -2.05. The van der Waals surface area contributed by atoms with Crippen LogP contribution < -0.4 is 5.43 Å². The van der Waals surface area contributed by atoms with Crippen molar-refractivity contribution in [3.8, 4) is 0 Å². The van der Waals surface area contributed by atoms with E-state index in [9.17, 15) is 4.79 Å². The smallest absolute Gasteiger partial charge is 0.267 e. The van der Waals surface area contributed by atoms with Crippen molar-refractivity contribution in [3.05, 3.63) is 69.2 Å². The van der Waals surface area contributed by atoms with E-state index in [1.54, 1.807) is 0 Å². The second kappa shape index (κ2) is 6.68. The third-order valence-corrected chi connectivity index (χ3v) is 3.83. The number of nitrogens with zero attached hydrogens (tertiary/aromatic N) is 1. The summed E-state index contributed by atoms with van der Waals surface area (Å²) in [5.41, 5.74) is 7.19. The highest BCUT2D eigenvalue weighted by Gasteiger charge is 2.06. The largest absolute Gasteiger partial charge is 0.271 e. The molecule has 0 saturated heterocycles. The molecule has 0 atom stereocenters. The van der Waals surface area contributed by atoms with E-state index in [0.29, 0.717) is 5.56 Å². The fourth-order valence-corrected chi connectivity index (χ4v) is 2.26. The van der Waals surface area contributed by atoms with Crippen LogP contribution in [0.25, 0.3) is 0 Å². The van der Waals surface area contributed by atoms with Crippen LogP contribution in [0.3, 0.4) is 0 Å². The van der Waals surface area contributed by atoms with Gasteiger partial charge in [0.05, 0.1) is 5.71 Å². The zero-order valence-electron chi connectivity index (χ0n) is 12.3. The van der Waals surface area contributed by atoms with E-state index in [1.165, 1.54) is 5.56 Å². The van der Waals surface area contributed by atoms with Crippen LogP contribution >= 0.6 is 15.9 Å². The van der Waals surface area contributed by atoms with E-state index in [4.69, 9.17) is 0 Å². The highest BCUT2D eigenvalue weighted by molar-refractivity contribution is 9.10. The minimum Gasteiger partial charge on any atom is -0.267 e. The third-order valence-electron chi connectivity index (χ3n) is 3.34. The SMILES string of the molecule is C/C(=N\NC(=O)c1ccc(C)c(C)c1)c1cccc(Br)c1. The Labute approximate surface area is 133 Å². The summed E-state index contributed by atoms with van der Waals surface area (Å²) in [5, 5.41) is 4.16. The minimum absolute atomic E-state index is 0.201. The van der Waals surface area contributed by atoms with Crippen molar-refractivity contribution in [2.75, 3.05) is 0 Å². The van der Waals surface area contributed by atoms with Crippen LogP contribution in [-0.4, -0.2) is 11.6 Å². The van der Waals surface area contributed by atoms with Crippen LogP contribution in [0.5, 0.6) is 0 Å². The number of hydrogen-bond donors (Lipinski definition) is 1. The summed E-state index contributed by atoms with van der Waals surface area (Å²) in [7, 11) is 0. The molecule has 21 heavy (non-hydrogen) atoms. The zero-order chi connectivity index (χ0) is 15.4. The predicted octanol–water partition coefficient (Wildman–Crippen LogP) is 4.22. The van der Waals surface area contributed by atoms with Gasteiger partial charge in [0.15, 0.2) is 0 Å². The molecular formula is C17H17BrN2O. The fourth-order valence-electron chi connectivity index (χ4n) is 1.86. The normalized spacial score (nSPS) is 11.3. The van der Waals surface area contributed by atoms with Crippen LogP contribution in [-0.2, 0) is 0 Å². The molecule has 1 N–H and O–H groups in total. The van der Waals surface area contributed by atoms with Gasteiger partial charge in [-0.1, -0.05) is 34.1 Å². The maximum atomic E-state index is 12.1. The summed E-state index contributed by atoms with van der Waals surface area (Å²) in [6.45, 7) is 5.87. The zero-order valence-corrected chi connectivity index (χ0v) is 13.9. The van der Waals surface area contributed by atoms with Crippen molar-refractivity contribution in [2.45, 2.75) is 20.8 Å². The Bertz CT molecular complexity index is 708. The van der Waals surface area contributed by atoms with E-state index < -0.39 is 0 Å². The van der Waals surface area contributed by atoms with Crippen LogP contribution in [0, 0.1) is 13.8 Å². The minimum atomic E-state index is -0.201. The number of aryl methyl sites for hydroxylation is 2. The second-order valence-corrected chi connectivity index (χ2v) is 5.86. The average molecular weight is 345 g/mol. The molecule has 3 nitrogen and oxygen atoms in total. The Morgan fingerprint density at radius 1 is 1.05 bits per heavy atom. The molecule has 2 aromatic rings. The molecule has 0 unspecified atom stereocenters. The van der Waals surface area contributed by atoms with Crippen molar-refractivity contribution >= 4 is 27.5 Å². The summed E-state index contributed by atoms with van der Waals surface area (Å²) >= 11 is 3.42. The van der Waals surface area contributed by atoms with Gasteiger partial charge in [0.25, 0.3) is 5.91 Å². The Hall–Kier alpha value is -1.94. The van der Waals surface area contributed by atoms with Crippen molar-refractivity contribution in [1.82, 2.24) is 5.43 Å². The molecular weight excluding hydrogens is 328 g/mol. The maximum absolute atomic E-state index is 12.1. The Kier molecular flexibility index (Phi) is 4.91. The second-order valence-electron chi connectivity index (χ2n) is 4.95. The lowest BCUT2D eigenvalue weighted by atomic mass is 10.1. The molecule has 0 spiro atoms. The molecule has 108 valence electrons. The molecule has 0 heterocycles. The van der Waals surface area contributed by atoms with Crippen molar-refractivity contribution in [1.29, 1.82) is 0 Å². The molecule has 1 amide bonds. The van der Waals surface area contributed by atoms with Gasteiger partial charge in [0, 0.05) is 10.0 Å². The molecule has 2 aromatic carbocycles. The standard InChI is InChI=1S/C17H17BrN2O/c1-11-7-8-15(9-12(11)2)17(21)20-19-13(3)14-5-4-6-16(18)10-14/h4-10H,1-3H3,(H,20,21)/b19-13+. The van der Waals surface area contributed by atoms with E-state index in [2.05, 4.69) is 26.5 Å². The first-order valence-corrected chi connectivity index (χ1v) is 7.44. The van der Waals surface area contributed by atoms with Crippen molar-refractivity contribution in [2.24, 2.45) is 5.10 Å². The van der Waals surface area contributed by atoms with Gasteiger partial charge in [0.1, 0.15) is 0 Å². The van der Waals surface area contributed by atoms with Crippen LogP contribution in [0.1, 0.15) is 34.0 Å². The topological polar surface area (TPSA) is 41.5 Å². The lowest BCUT2D eigenvalue weighted by Crippen LogP contribution is -2.19. The van der Waals surface area contributed by atoms with Gasteiger partial charge in [0.2, 0.25) is 0 Å². The van der Waals surface area contributed by atoms with Crippen molar-refractivity contribution < 1.29 is 4.79 Å². The van der Waals surface area contributed by atoms with Gasteiger partial charge in [-0.2, -0.15) is 5.10 Å². The number of hydrogen-bond acceptors (Lipinski definition) is 2. The Morgan fingerprint density at radius 3 is 2.48 bits per heavy atom. The Morgan fingerprint density at radius 2 is 1.81 bits per heavy atom. The van der Waals surface area contributed by atoms with Gasteiger partial charge in [-0.3, -0.25) is 4.79 Å². The molecule has 0 radical (unpaired) electrons. The first kappa shape index (κ1) is 15.4. The molecule has 0 saturated carbocycles. The number of nitrogens with one attached hydrogen (secondary N) is 1. The average Bonchev–Trinajstić information content (AvgIpc) is 2.47. The quantitative estimate of drug-likeness (QED) is 0.657. The predicted molar refractivity (Wildman–Crippen MR) is 89.7 cm³/mol. The fraction of sp³-hybridized carbons (Fsp3) is 0.176. The van der Waals surface area contributed by atoms with E-state index in [0.717, 1.165) is 21.3 Å². The number of amides is 1. The molecule has 4 heteroatoms. The maximum Gasteiger partial charge on any atom is 0.271 e. The highest BCUT2D eigenvalue weighted by Crippen LogP contribution is 2.12. The molecule has 0 bridgehead atoms. The van der Waals surface area contributed by atoms with E-state index in [-0.39, 0.29) is 5.91 Å². The van der Waals surface area contributed by atoms with Crippen LogP contribution in [0.15, 0.2) is 52.0 Å². The lowest BCUT2D eigenvalue weighted by molar-refractivity contribution is 0.0954. The summed E-state index contributed by atoms with van der Waals surface area (Å²) < 4.78 is 0.982. The number of hydrazone groups is 1. The summed E-state index contributed by atoms with van der Waals surface area (Å²) in [6.07, 6.45) is 0. The number of halogens is 1. The highest BCUT2D eigenvalue weighted by atomic mass is 79.9. The van der Waals surface area contributed by atoms with Gasteiger partial charge in [-0.05, 0) is 61.7 Å².